The maximum absolute atomic E-state index is 13.4. The highest BCUT2D eigenvalue weighted by Gasteiger charge is 2.26. The number of fused-ring (bicyclic) bond motifs is 2. The van der Waals surface area contributed by atoms with Gasteiger partial charge in [0, 0.05) is 23.9 Å². The summed E-state index contributed by atoms with van der Waals surface area (Å²) in [5.74, 6) is -0.113. The predicted molar refractivity (Wildman–Crippen MR) is 106 cm³/mol. The van der Waals surface area contributed by atoms with E-state index in [1.165, 1.54) is 0 Å². The summed E-state index contributed by atoms with van der Waals surface area (Å²) in [5, 5.41) is 1.45. The van der Waals surface area contributed by atoms with Crippen LogP contribution in [0.5, 0.6) is 0 Å². The molecule has 5 nitrogen and oxygen atoms in total. The quantitative estimate of drug-likeness (QED) is 0.383. The van der Waals surface area contributed by atoms with Gasteiger partial charge >= 0.3 is 5.63 Å². The molecule has 0 saturated carbocycles. The largest absolute Gasteiger partial charge is 0.453 e. The lowest BCUT2D eigenvalue weighted by Gasteiger charge is -2.22. The molecule has 0 saturated heterocycles. The van der Waals surface area contributed by atoms with Crippen LogP contribution in [0.3, 0.4) is 0 Å². The summed E-state index contributed by atoms with van der Waals surface area (Å²) in [7, 11) is 0. The zero-order chi connectivity index (χ0) is 19.0. The number of nitrogens with zero attached hydrogens (tertiary/aromatic N) is 1. The third-order valence-corrected chi connectivity index (χ3v) is 4.75. The molecule has 0 N–H and O–H groups in total. The summed E-state index contributed by atoms with van der Waals surface area (Å²) in [6.45, 7) is 5.04. The maximum Gasteiger partial charge on any atom is 0.360 e. The standard InChI is InChI=1S/C22H19NO4/c1-3-23(4-2)20-19(15-10-6-8-12-17(15)27-22(20)25)21(24)18-13-14-9-5-7-11-16(14)26-18/h5-13H,3-4H2,1-2H3. The molecule has 0 fully saturated rings. The normalized spacial score (nSPS) is 11.2. The van der Waals surface area contributed by atoms with E-state index >= 15 is 0 Å². The number of carbonyl (C=O) groups is 1. The van der Waals surface area contributed by atoms with Gasteiger partial charge in [-0.1, -0.05) is 36.4 Å². The second-order valence-electron chi connectivity index (χ2n) is 6.26. The van der Waals surface area contributed by atoms with Gasteiger partial charge in [-0.15, -0.1) is 0 Å². The summed E-state index contributed by atoms with van der Waals surface area (Å²) in [6.07, 6.45) is 0. The number of para-hydroxylation sites is 2. The highest BCUT2D eigenvalue weighted by molar-refractivity contribution is 6.18. The number of ketones is 1. The smallest absolute Gasteiger partial charge is 0.360 e. The maximum atomic E-state index is 13.4. The molecular weight excluding hydrogens is 342 g/mol. The molecule has 0 amide bonds. The van der Waals surface area contributed by atoms with Gasteiger partial charge in [-0.05, 0) is 32.0 Å². The van der Waals surface area contributed by atoms with Crippen LogP contribution in [0.1, 0.15) is 30.0 Å². The monoisotopic (exact) mass is 361 g/mol. The fraction of sp³-hybridized carbons (Fsp3) is 0.182. The summed E-state index contributed by atoms with van der Waals surface area (Å²) < 4.78 is 11.3. The Kier molecular flexibility index (Phi) is 4.28. The van der Waals surface area contributed by atoms with Crippen molar-refractivity contribution in [3.05, 3.63) is 76.3 Å². The van der Waals surface area contributed by atoms with E-state index in [4.69, 9.17) is 8.83 Å². The van der Waals surface area contributed by atoms with E-state index in [0.717, 1.165) is 5.39 Å². The average Bonchev–Trinajstić information content (AvgIpc) is 3.13. The lowest BCUT2D eigenvalue weighted by Crippen LogP contribution is -2.30. The molecule has 2 aromatic carbocycles. The number of benzene rings is 2. The van der Waals surface area contributed by atoms with Gasteiger partial charge in [0.05, 0.1) is 5.56 Å². The van der Waals surface area contributed by atoms with Crippen molar-refractivity contribution in [1.29, 1.82) is 0 Å². The van der Waals surface area contributed by atoms with Crippen molar-refractivity contribution in [2.24, 2.45) is 0 Å². The molecule has 0 radical (unpaired) electrons. The third kappa shape index (κ3) is 2.81. The van der Waals surface area contributed by atoms with Crippen LogP contribution < -0.4 is 10.5 Å². The minimum atomic E-state index is -0.517. The van der Waals surface area contributed by atoms with Crippen molar-refractivity contribution < 1.29 is 13.6 Å². The first-order chi connectivity index (χ1) is 13.1. The molecule has 0 aliphatic heterocycles. The Morgan fingerprint density at radius 2 is 1.59 bits per heavy atom. The molecule has 4 rings (SSSR count). The van der Waals surface area contributed by atoms with E-state index in [1.54, 1.807) is 24.3 Å². The number of anilines is 1. The fourth-order valence-electron chi connectivity index (χ4n) is 3.41. The van der Waals surface area contributed by atoms with E-state index in [1.807, 2.05) is 49.1 Å². The van der Waals surface area contributed by atoms with Crippen molar-refractivity contribution in [1.82, 2.24) is 0 Å². The third-order valence-electron chi connectivity index (χ3n) is 4.75. The van der Waals surface area contributed by atoms with Crippen LogP contribution in [0, 0.1) is 0 Å². The Bertz CT molecular complexity index is 1160. The van der Waals surface area contributed by atoms with Gasteiger partial charge in [0.15, 0.2) is 5.76 Å². The number of hydrogen-bond acceptors (Lipinski definition) is 5. The van der Waals surface area contributed by atoms with Gasteiger partial charge < -0.3 is 13.7 Å². The van der Waals surface area contributed by atoms with Crippen molar-refractivity contribution in [2.45, 2.75) is 13.8 Å². The van der Waals surface area contributed by atoms with Crippen LogP contribution in [0.4, 0.5) is 5.69 Å². The molecule has 0 unspecified atom stereocenters. The van der Waals surface area contributed by atoms with Crippen LogP contribution >= 0.6 is 0 Å². The molecule has 2 heterocycles. The van der Waals surface area contributed by atoms with Crippen LogP contribution in [-0.4, -0.2) is 18.9 Å². The minimum absolute atomic E-state index is 0.209. The van der Waals surface area contributed by atoms with E-state index in [-0.39, 0.29) is 17.2 Å². The van der Waals surface area contributed by atoms with Crippen molar-refractivity contribution in [2.75, 3.05) is 18.0 Å². The van der Waals surface area contributed by atoms with E-state index in [0.29, 0.717) is 35.2 Å². The number of hydrogen-bond donors (Lipinski definition) is 0. The molecule has 0 aliphatic rings. The molecule has 4 aromatic rings. The number of carbonyl (C=O) groups excluding carboxylic acids is 1. The highest BCUT2D eigenvalue weighted by atomic mass is 16.4. The molecule has 0 aliphatic carbocycles. The highest BCUT2D eigenvalue weighted by Crippen LogP contribution is 2.30. The Morgan fingerprint density at radius 1 is 0.926 bits per heavy atom. The van der Waals surface area contributed by atoms with Crippen LogP contribution in [0.25, 0.3) is 21.9 Å². The second-order valence-corrected chi connectivity index (χ2v) is 6.26. The van der Waals surface area contributed by atoms with Crippen LogP contribution in [0.2, 0.25) is 0 Å². The lowest BCUT2D eigenvalue weighted by molar-refractivity contribution is 0.101. The second kappa shape index (κ2) is 6.76. The van der Waals surface area contributed by atoms with Crippen molar-refractivity contribution >= 4 is 33.4 Å². The molecule has 136 valence electrons. The van der Waals surface area contributed by atoms with Gasteiger partial charge in [0.2, 0.25) is 5.78 Å². The molecule has 0 spiro atoms. The summed E-state index contributed by atoms with van der Waals surface area (Å²) >= 11 is 0. The van der Waals surface area contributed by atoms with E-state index in [2.05, 4.69) is 0 Å². The van der Waals surface area contributed by atoms with E-state index < -0.39 is 5.63 Å². The van der Waals surface area contributed by atoms with Crippen LogP contribution in [-0.2, 0) is 0 Å². The van der Waals surface area contributed by atoms with Gasteiger partial charge in [-0.25, -0.2) is 4.79 Å². The molecule has 27 heavy (non-hydrogen) atoms. The van der Waals surface area contributed by atoms with Crippen molar-refractivity contribution in [3.8, 4) is 0 Å². The molecule has 0 atom stereocenters. The summed E-state index contributed by atoms with van der Waals surface area (Å²) in [6, 6.07) is 16.2. The Labute approximate surface area is 155 Å². The Balaban J connectivity index is 2.02. The first-order valence-electron chi connectivity index (χ1n) is 8.98. The fourth-order valence-corrected chi connectivity index (χ4v) is 3.41. The van der Waals surface area contributed by atoms with Gasteiger partial charge in [-0.3, -0.25) is 4.79 Å². The first kappa shape index (κ1) is 17.1. The van der Waals surface area contributed by atoms with Gasteiger partial charge in [-0.2, -0.15) is 0 Å². The van der Waals surface area contributed by atoms with Crippen LogP contribution in [0.15, 0.2) is 68.2 Å². The predicted octanol–water partition coefficient (Wildman–Crippen LogP) is 4.62. The molecule has 5 heteroatoms. The Morgan fingerprint density at radius 3 is 2.30 bits per heavy atom. The minimum Gasteiger partial charge on any atom is -0.453 e. The van der Waals surface area contributed by atoms with Gasteiger partial charge in [0.25, 0.3) is 0 Å². The first-order valence-corrected chi connectivity index (χ1v) is 8.98. The molecule has 2 aromatic heterocycles. The lowest BCUT2D eigenvalue weighted by atomic mass is 10.0. The van der Waals surface area contributed by atoms with E-state index in [9.17, 15) is 9.59 Å². The number of furan rings is 1. The van der Waals surface area contributed by atoms with Gasteiger partial charge in [0.1, 0.15) is 16.9 Å². The number of rotatable bonds is 5. The SMILES string of the molecule is CCN(CC)c1c(C(=O)c2cc3ccccc3o2)c2ccccc2oc1=O. The molecule has 0 bridgehead atoms. The molecular formula is C22H19NO4. The zero-order valence-corrected chi connectivity index (χ0v) is 15.2. The topological polar surface area (TPSA) is 63.7 Å². The summed E-state index contributed by atoms with van der Waals surface area (Å²) in [4.78, 5) is 28.0. The summed E-state index contributed by atoms with van der Waals surface area (Å²) in [5.41, 5.74) is 1.11. The zero-order valence-electron chi connectivity index (χ0n) is 15.2. The Hall–Kier alpha value is -3.34. The average molecular weight is 361 g/mol. The van der Waals surface area contributed by atoms with Crippen molar-refractivity contribution in [3.63, 3.8) is 0 Å².